The molecule has 0 unspecified atom stereocenters. The minimum atomic E-state index is 0.327. The molecule has 112 valence electrons. The Bertz CT molecular complexity index is 401. The van der Waals surface area contributed by atoms with Gasteiger partial charge in [0.1, 0.15) is 11.5 Å². The maximum atomic E-state index is 9.81. The van der Waals surface area contributed by atoms with E-state index >= 15 is 0 Å². The molecule has 1 aliphatic heterocycles. The summed E-state index contributed by atoms with van der Waals surface area (Å²) < 4.78 is 5.18. The Balaban J connectivity index is 1.72. The highest BCUT2D eigenvalue weighted by molar-refractivity contribution is 5.39. The molecule has 4 heteroatoms. The summed E-state index contributed by atoms with van der Waals surface area (Å²) in [5.74, 6) is 1.11. The minimum absolute atomic E-state index is 0.327. The average Bonchev–Trinajstić information content (AvgIpc) is 2.74. The number of rotatable bonds is 6. The number of hydrogen-bond donors (Lipinski definition) is 2. The standard InChI is InChI=1S/C16H26N2O2/c1-20-15-6-7-16(19)14(12-15)13-17-8-11-18-9-4-2-3-5-10-18/h6-7,12,17,19H,2-5,8-11,13H2,1H3. The zero-order chi connectivity index (χ0) is 14.2. The van der Waals surface area contributed by atoms with Crippen LogP contribution in [0.1, 0.15) is 31.2 Å². The third-order valence-corrected chi connectivity index (χ3v) is 3.91. The lowest BCUT2D eigenvalue weighted by atomic mass is 10.2. The predicted octanol–water partition coefficient (Wildman–Crippen LogP) is 2.37. The van der Waals surface area contributed by atoms with E-state index in [4.69, 9.17) is 4.74 Å². The van der Waals surface area contributed by atoms with Crippen LogP contribution in [0, 0.1) is 0 Å². The number of nitrogens with zero attached hydrogens (tertiary/aromatic N) is 1. The molecule has 20 heavy (non-hydrogen) atoms. The highest BCUT2D eigenvalue weighted by Gasteiger charge is 2.08. The summed E-state index contributed by atoms with van der Waals surface area (Å²) in [6.07, 6.45) is 5.41. The molecule has 0 atom stereocenters. The molecular weight excluding hydrogens is 252 g/mol. The molecule has 4 nitrogen and oxygen atoms in total. The van der Waals surface area contributed by atoms with Gasteiger partial charge in [-0.1, -0.05) is 12.8 Å². The number of nitrogens with one attached hydrogen (secondary N) is 1. The van der Waals surface area contributed by atoms with Crippen molar-refractivity contribution >= 4 is 0 Å². The molecule has 2 rings (SSSR count). The fraction of sp³-hybridized carbons (Fsp3) is 0.625. The van der Waals surface area contributed by atoms with Gasteiger partial charge >= 0.3 is 0 Å². The number of aromatic hydroxyl groups is 1. The molecule has 2 N–H and O–H groups in total. The lowest BCUT2D eigenvalue weighted by molar-refractivity contribution is 0.284. The summed E-state index contributed by atoms with van der Waals surface area (Å²) in [5.41, 5.74) is 0.889. The van der Waals surface area contributed by atoms with Crippen molar-refractivity contribution in [1.82, 2.24) is 10.2 Å². The number of ether oxygens (including phenoxy) is 1. The van der Waals surface area contributed by atoms with Crippen molar-refractivity contribution in [3.05, 3.63) is 23.8 Å². The molecular formula is C16H26N2O2. The summed E-state index contributed by atoms with van der Waals surface area (Å²) in [6.45, 7) is 5.18. The zero-order valence-electron chi connectivity index (χ0n) is 12.4. The SMILES string of the molecule is COc1ccc(O)c(CNCCN2CCCCCC2)c1. The normalized spacial score (nSPS) is 16.9. The molecule has 0 aliphatic carbocycles. The van der Waals surface area contributed by atoms with Gasteiger partial charge in [-0.2, -0.15) is 0 Å². The molecule has 0 radical (unpaired) electrons. The van der Waals surface area contributed by atoms with Crippen LogP contribution in [0.5, 0.6) is 11.5 Å². The van der Waals surface area contributed by atoms with E-state index in [0.717, 1.165) is 24.4 Å². The Morgan fingerprint density at radius 1 is 1.20 bits per heavy atom. The van der Waals surface area contributed by atoms with E-state index in [1.54, 1.807) is 19.2 Å². The van der Waals surface area contributed by atoms with Gasteiger partial charge in [-0.05, 0) is 44.1 Å². The largest absolute Gasteiger partial charge is 0.508 e. The molecule has 0 bridgehead atoms. The smallest absolute Gasteiger partial charge is 0.120 e. The fourth-order valence-electron chi connectivity index (χ4n) is 2.65. The first kappa shape index (κ1) is 15.1. The van der Waals surface area contributed by atoms with E-state index < -0.39 is 0 Å². The second-order valence-electron chi connectivity index (χ2n) is 5.43. The Labute approximate surface area is 121 Å². The van der Waals surface area contributed by atoms with Gasteiger partial charge in [0.15, 0.2) is 0 Å². The van der Waals surface area contributed by atoms with E-state index in [1.807, 2.05) is 6.07 Å². The molecule has 0 aromatic heterocycles. The third-order valence-electron chi connectivity index (χ3n) is 3.91. The second kappa shape index (κ2) is 8.12. The summed E-state index contributed by atoms with van der Waals surface area (Å²) in [6, 6.07) is 5.34. The lowest BCUT2D eigenvalue weighted by Crippen LogP contribution is -2.32. The third kappa shape index (κ3) is 4.69. The summed E-state index contributed by atoms with van der Waals surface area (Å²) in [5, 5.41) is 13.2. The van der Waals surface area contributed by atoms with Crippen molar-refractivity contribution in [2.75, 3.05) is 33.3 Å². The highest BCUT2D eigenvalue weighted by atomic mass is 16.5. The van der Waals surface area contributed by atoms with Crippen LogP contribution in [0.3, 0.4) is 0 Å². The number of likely N-dealkylation sites (tertiary alicyclic amines) is 1. The zero-order valence-corrected chi connectivity index (χ0v) is 12.4. The molecule has 0 saturated carbocycles. The molecule has 1 heterocycles. The first-order valence-electron chi connectivity index (χ1n) is 7.58. The Kier molecular flexibility index (Phi) is 6.15. The molecule has 1 fully saturated rings. The van der Waals surface area contributed by atoms with Crippen molar-refractivity contribution in [2.24, 2.45) is 0 Å². The Hall–Kier alpha value is -1.26. The number of phenolic OH excluding ortho intramolecular Hbond substituents is 1. The molecule has 1 aliphatic rings. The van der Waals surface area contributed by atoms with Crippen LogP contribution in [0.4, 0.5) is 0 Å². The molecule has 1 aromatic carbocycles. The monoisotopic (exact) mass is 278 g/mol. The van der Waals surface area contributed by atoms with Crippen LogP contribution in [-0.4, -0.2) is 43.3 Å². The molecule has 1 saturated heterocycles. The number of methoxy groups -OCH3 is 1. The second-order valence-corrected chi connectivity index (χ2v) is 5.43. The van der Waals surface area contributed by atoms with Gasteiger partial charge < -0.3 is 20.1 Å². The fourth-order valence-corrected chi connectivity index (χ4v) is 2.65. The van der Waals surface area contributed by atoms with Crippen molar-refractivity contribution in [1.29, 1.82) is 0 Å². The Morgan fingerprint density at radius 3 is 2.65 bits per heavy atom. The van der Waals surface area contributed by atoms with Gasteiger partial charge in [0, 0.05) is 25.2 Å². The number of benzene rings is 1. The topological polar surface area (TPSA) is 44.7 Å². The van der Waals surface area contributed by atoms with Crippen LogP contribution in [0.25, 0.3) is 0 Å². The van der Waals surface area contributed by atoms with Crippen LogP contribution < -0.4 is 10.1 Å². The summed E-state index contributed by atoms with van der Waals surface area (Å²) in [7, 11) is 1.64. The van der Waals surface area contributed by atoms with Gasteiger partial charge in [0.05, 0.1) is 7.11 Å². The average molecular weight is 278 g/mol. The maximum Gasteiger partial charge on any atom is 0.120 e. The number of phenols is 1. The lowest BCUT2D eigenvalue weighted by Gasteiger charge is -2.19. The van der Waals surface area contributed by atoms with E-state index in [1.165, 1.54) is 38.8 Å². The van der Waals surface area contributed by atoms with Gasteiger partial charge in [-0.25, -0.2) is 0 Å². The van der Waals surface area contributed by atoms with Gasteiger partial charge in [-0.15, -0.1) is 0 Å². The van der Waals surface area contributed by atoms with Crippen LogP contribution >= 0.6 is 0 Å². The predicted molar refractivity (Wildman–Crippen MR) is 81.3 cm³/mol. The van der Waals surface area contributed by atoms with Gasteiger partial charge in [-0.3, -0.25) is 0 Å². The first-order valence-corrected chi connectivity index (χ1v) is 7.58. The molecule has 0 amide bonds. The van der Waals surface area contributed by atoms with E-state index in [0.29, 0.717) is 12.3 Å². The van der Waals surface area contributed by atoms with E-state index in [9.17, 15) is 5.11 Å². The van der Waals surface area contributed by atoms with Crippen LogP contribution in [0.15, 0.2) is 18.2 Å². The first-order chi connectivity index (χ1) is 9.79. The molecule has 1 aromatic rings. The quantitative estimate of drug-likeness (QED) is 0.784. The Morgan fingerprint density at radius 2 is 1.95 bits per heavy atom. The summed E-state index contributed by atoms with van der Waals surface area (Å²) >= 11 is 0. The van der Waals surface area contributed by atoms with Crippen molar-refractivity contribution in [2.45, 2.75) is 32.2 Å². The highest BCUT2D eigenvalue weighted by Crippen LogP contribution is 2.22. The van der Waals surface area contributed by atoms with Crippen LogP contribution in [-0.2, 0) is 6.54 Å². The van der Waals surface area contributed by atoms with Crippen molar-refractivity contribution in [3.63, 3.8) is 0 Å². The van der Waals surface area contributed by atoms with E-state index in [2.05, 4.69) is 10.2 Å². The summed E-state index contributed by atoms with van der Waals surface area (Å²) in [4.78, 5) is 2.53. The van der Waals surface area contributed by atoms with Crippen molar-refractivity contribution in [3.8, 4) is 11.5 Å². The van der Waals surface area contributed by atoms with Crippen molar-refractivity contribution < 1.29 is 9.84 Å². The van der Waals surface area contributed by atoms with E-state index in [-0.39, 0.29) is 0 Å². The van der Waals surface area contributed by atoms with Gasteiger partial charge in [0.2, 0.25) is 0 Å². The van der Waals surface area contributed by atoms with Crippen LogP contribution in [0.2, 0.25) is 0 Å². The minimum Gasteiger partial charge on any atom is -0.508 e. The molecule has 0 spiro atoms. The van der Waals surface area contributed by atoms with Gasteiger partial charge in [0.25, 0.3) is 0 Å². The number of hydrogen-bond acceptors (Lipinski definition) is 4. The maximum absolute atomic E-state index is 9.81.